The number of pyridine rings is 1. The third-order valence-electron chi connectivity index (χ3n) is 5.29. The molecule has 156 valence electrons. The van der Waals surface area contributed by atoms with Gasteiger partial charge in [0.25, 0.3) is 5.91 Å². The van der Waals surface area contributed by atoms with Gasteiger partial charge < -0.3 is 14.8 Å². The number of fused-ring (bicyclic) bond motifs is 1. The summed E-state index contributed by atoms with van der Waals surface area (Å²) in [4.78, 5) is 17.2. The van der Waals surface area contributed by atoms with Crippen LogP contribution in [0, 0.1) is 0 Å². The number of aromatic nitrogens is 3. The predicted molar refractivity (Wildman–Crippen MR) is 113 cm³/mol. The number of methoxy groups -OCH3 is 1. The lowest BCUT2D eigenvalue weighted by molar-refractivity contribution is 0.0923. The number of carbonyl (C=O) groups excluding carboxylic acids is 1. The van der Waals surface area contributed by atoms with Crippen molar-refractivity contribution in [2.75, 3.05) is 20.3 Å². The third kappa shape index (κ3) is 4.52. The molecule has 1 aliphatic carbocycles. The molecule has 0 bridgehead atoms. The van der Waals surface area contributed by atoms with Gasteiger partial charge in [0.15, 0.2) is 0 Å². The van der Waals surface area contributed by atoms with Gasteiger partial charge in [-0.3, -0.25) is 9.48 Å². The van der Waals surface area contributed by atoms with Gasteiger partial charge in [0.2, 0.25) is 5.88 Å². The summed E-state index contributed by atoms with van der Waals surface area (Å²) in [5.41, 5.74) is 3.93. The first-order valence-corrected chi connectivity index (χ1v) is 10.2. The van der Waals surface area contributed by atoms with Crippen LogP contribution in [0.25, 0.3) is 0 Å². The van der Waals surface area contributed by atoms with Crippen molar-refractivity contribution in [2.45, 2.75) is 31.8 Å². The monoisotopic (exact) mass is 406 g/mol. The van der Waals surface area contributed by atoms with E-state index < -0.39 is 0 Å². The zero-order valence-electron chi connectivity index (χ0n) is 17.1. The Morgan fingerprint density at radius 1 is 1.20 bits per heavy atom. The number of nitrogens with zero attached hydrogens (tertiary/aromatic N) is 3. The van der Waals surface area contributed by atoms with Crippen LogP contribution < -0.4 is 10.1 Å². The second-order valence-corrected chi connectivity index (χ2v) is 7.31. The zero-order chi connectivity index (χ0) is 20.8. The molecule has 2 heterocycles. The minimum absolute atomic E-state index is 0.0715. The molecule has 0 fully saturated rings. The largest absolute Gasteiger partial charge is 0.475 e. The SMILES string of the molecule is COCCOc1ncccc1C(=O)NC1CCCc2c1cnn2Cc1ccccc1. The Hall–Kier alpha value is -3.19. The molecule has 0 saturated heterocycles. The standard InChI is InChI=1S/C23H26N4O3/c1-29-13-14-30-23-18(9-6-12-24-23)22(28)26-20-10-5-11-21-19(20)15-25-27(21)16-17-7-3-2-4-8-17/h2-4,6-9,12,15,20H,5,10-11,13-14,16H2,1H3,(H,26,28). The Bertz CT molecular complexity index is 987. The Labute approximate surface area is 176 Å². The fourth-order valence-electron chi connectivity index (χ4n) is 3.80. The van der Waals surface area contributed by atoms with Crippen LogP contribution in [0.3, 0.4) is 0 Å². The summed E-state index contributed by atoms with van der Waals surface area (Å²) in [5.74, 6) is 0.132. The fourth-order valence-corrected chi connectivity index (χ4v) is 3.80. The summed E-state index contributed by atoms with van der Waals surface area (Å²) in [6.45, 7) is 1.51. The molecule has 0 radical (unpaired) electrons. The van der Waals surface area contributed by atoms with Crippen molar-refractivity contribution in [1.82, 2.24) is 20.1 Å². The van der Waals surface area contributed by atoms with Gasteiger partial charge in [0.1, 0.15) is 12.2 Å². The molecular weight excluding hydrogens is 380 g/mol. The van der Waals surface area contributed by atoms with E-state index in [0.29, 0.717) is 24.7 Å². The van der Waals surface area contributed by atoms with Gasteiger partial charge in [-0.25, -0.2) is 4.98 Å². The summed E-state index contributed by atoms with van der Waals surface area (Å²) in [7, 11) is 1.61. The van der Waals surface area contributed by atoms with Gasteiger partial charge in [-0.2, -0.15) is 5.10 Å². The maximum absolute atomic E-state index is 13.0. The van der Waals surface area contributed by atoms with Gasteiger partial charge in [-0.05, 0) is 37.0 Å². The number of hydrogen-bond donors (Lipinski definition) is 1. The lowest BCUT2D eigenvalue weighted by Gasteiger charge is -2.24. The number of nitrogens with one attached hydrogen (secondary N) is 1. The van der Waals surface area contributed by atoms with Crippen LogP contribution in [0.5, 0.6) is 5.88 Å². The molecule has 30 heavy (non-hydrogen) atoms. The van der Waals surface area contributed by atoms with E-state index in [4.69, 9.17) is 9.47 Å². The molecule has 2 aromatic heterocycles. The molecule has 1 aliphatic rings. The second kappa shape index (κ2) is 9.54. The summed E-state index contributed by atoms with van der Waals surface area (Å²) < 4.78 is 12.7. The molecule has 1 amide bonds. The van der Waals surface area contributed by atoms with Gasteiger partial charge in [0, 0.05) is 24.6 Å². The molecule has 7 heteroatoms. The van der Waals surface area contributed by atoms with Crippen molar-refractivity contribution >= 4 is 5.91 Å². The van der Waals surface area contributed by atoms with Crippen molar-refractivity contribution in [2.24, 2.45) is 0 Å². The number of hydrogen-bond acceptors (Lipinski definition) is 5. The van der Waals surface area contributed by atoms with Gasteiger partial charge in [0.05, 0.1) is 25.4 Å². The van der Waals surface area contributed by atoms with Crippen molar-refractivity contribution in [3.63, 3.8) is 0 Å². The lowest BCUT2D eigenvalue weighted by atomic mass is 9.92. The molecule has 1 atom stereocenters. The quantitative estimate of drug-likeness (QED) is 0.582. The minimum atomic E-state index is -0.191. The number of rotatable bonds is 8. The number of benzene rings is 1. The van der Waals surface area contributed by atoms with Crippen molar-refractivity contribution < 1.29 is 14.3 Å². The normalized spacial score (nSPS) is 15.4. The topological polar surface area (TPSA) is 78.3 Å². The van der Waals surface area contributed by atoms with Crippen LogP contribution in [0.15, 0.2) is 54.9 Å². The Morgan fingerprint density at radius 2 is 2.07 bits per heavy atom. The number of ether oxygens (including phenoxy) is 2. The van der Waals surface area contributed by atoms with Crippen molar-refractivity contribution in [3.05, 3.63) is 77.2 Å². The molecule has 0 saturated carbocycles. The number of amides is 1. The maximum Gasteiger partial charge on any atom is 0.257 e. The van der Waals surface area contributed by atoms with Gasteiger partial charge >= 0.3 is 0 Å². The van der Waals surface area contributed by atoms with E-state index in [9.17, 15) is 4.79 Å². The molecule has 4 rings (SSSR count). The van der Waals surface area contributed by atoms with Crippen LogP contribution in [0.1, 0.15) is 46.1 Å². The van der Waals surface area contributed by atoms with Crippen molar-refractivity contribution in [1.29, 1.82) is 0 Å². The molecule has 0 spiro atoms. The first-order chi connectivity index (χ1) is 14.8. The lowest BCUT2D eigenvalue weighted by Crippen LogP contribution is -2.31. The summed E-state index contributed by atoms with van der Waals surface area (Å²) in [5, 5.41) is 7.76. The Kier molecular flexibility index (Phi) is 6.39. The molecule has 1 N–H and O–H groups in total. The zero-order valence-corrected chi connectivity index (χ0v) is 17.1. The molecule has 0 aliphatic heterocycles. The first-order valence-electron chi connectivity index (χ1n) is 10.2. The van der Waals surface area contributed by atoms with Crippen LogP contribution in [-0.4, -0.2) is 41.0 Å². The van der Waals surface area contributed by atoms with Crippen LogP contribution in [-0.2, 0) is 17.7 Å². The van der Waals surface area contributed by atoms with E-state index in [-0.39, 0.29) is 11.9 Å². The molecule has 3 aromatic rings. The summed E-state index contributed by atoms with van der Waals surface area (Å²) >= 11 is 0. The highest BCUT2D eigenvalue weighted by Crippen LogP contribution is 2.30. The number of carbonyl (C=O) groups is 1. The van der Waals surface area contributed by atoms with E-state index in [2.05, 4.69) is 27.5 Å². The smallest absolute Gasteiger partial charge is 0.257 e. The Morgan fingerprint density at radius 3 is 2.90 bits per heavy atom. The van der Waals surface area contributed by atoms with Crippen LogP contribution >= 0.6 is 0 Å². The Balaban J connectivity index is 1.49. The summed E-state index contributed by atoms with van der Waals surface area (Å²) in [6.07, 6.45) is 6.36. The fraction of sp³-hybridized carbons (Fsp3) is 0.348. The predicted octanol–water partition coefficient (Wildman–Crippen LogP) is 3.16. The van der Waals surface area contributed by atoms with Crippen LogP contribution in [0.4, 0.5) is 0 Å². The van der Waals surface area contributed by atoms with E-state index in [0.717, 1.165) is 31.4 Å². The summed E-state index contributed by atoms with van der Waals surface area (Å²) in [6, 6.07) is 13.7. The highest BCUT2D eigenvalue weighted by atomic mass is 16.5. The van der Waals surface area contributed by atoms with E-state index in [1.165, 1.54) is 11.3 Å². The average molecular weight is 406 g/mol. The maximum atomic E-state index is 13.0. The van der Waals surface area contributed by atoms with Gasteiger partial charge in [-0.1, -0.05) is 30.3 Å². The average Bonchev–Trinajstić information content (AvgIpc) is 3.19. The van der Waals surface area contributed by atoms with Crippen molar-refractivity contribution in [3.8, 4) is 5.88 Å². The second-order valence-electron chi connectivity index (χ2n) is 7.31. The van der Waals surface area contributed by atoms with E-state index >= 15 is 0 Å². The van der Waals surface area contributed by atoms with E-state index in [1.807, 2.05) is 29.1 Å². The molecule has 1 unspecified atom stereocenters. The molecular formula is C23H26N4O3. The van der Waals surface area contributed by atoms with Gasteiger partial charge in [-0.15, -0.1) is 0 Å². The molecule has 1 aromatic carbocycles. The highest BCUT2D eigenvalue weighted by molar-refractivity contribution is 5.96. The highest BCUT2D eigenvalue weighted by Gasteiger charge is 2.27. The third-order valence-corrected chi connectivity index (χ3v) is 5.29. The first kappa shape index (κ1) is 20.1. The molecule has 7 nitrogen and oxygen atoms in total. The minimum Gasteiger partial charge on any atom is -0.475 e. The van der Waals surface area contributed by atoms with Crippen LogP contribution in [0.2, 0.25) is 0 Å². The van der Waals surface area contributed by atoms with E-state index in [1.54, 1.807) is 25.4 Å².